The molecular weight excluding hydrogens is 995 g/mol. The number of aliphatic hydroxyl groups is 5. The molecule has 428 valence electrons. The van der Waals surface area contributed by atoms with Gasteiger partial charge in [-0.2, -0.15) is 0 Å². The van der Waals surface area contributed by atoms with E-state index in [9.17, 15) is 54.3 Å². The first-order chi connectivity index (χ1) is 35.3. The molecule has 2 aliphatic heterocycles. The van der Waals surface area contributed by atoms with Gasteiger partial charge >= 0.3 is 17.9 Å². The Morgan fingerprint density at radius 2 is 1.13 bits per heavy atom. The predicted molar refractivity (Wildman–Crippen MR) is 265 cm³/mol. The van der Waals surface area contributed by atoms with Crippen LogP contribution in [0.2, 0.25) is 0 Å². The number of amides is 3. The molecule has 2 saturated heterocycles. The standard InChI is InChI=1S/C54H83N3O19/c1-24(43(66)70-11)55-41(64)37-33(60)32(59)36(63)46(74-37)76-39-35(62)34(61)38(42(65)56-25(2)44(67)71-12)75-47(39)73-31-15-16-52(8)30(49(31,4)5)14-17-54(10)40(52)29(58)22-27-28-23-51(7,48(69)57-26(3)45(68)72-13)19-18-50(28,6)20-21-53(27,54)9/h22,24-26,28,30-40,46-47,59-63H,14-21,23H2,1-13H3,(H,55,64)(H,56,65)(H,57,69). The number of rotatable bonds is 13. The number of nitrogens with one attached hydrogen (secondary N) is 3. The van der Waals surface area contributed by atoms with Crippen molar-refractivity contribution in [2.24, 2.45) is 50.2 Å². The van der Waals surface area contributed by atoms with Crippen LogP contribution in [0, 0.1) is 50.2 Å². The molecule has 3 amide bonds. The minimum Gasteiger partial charge on any atom is -0.467 e. The van der Waals surface area contributed by atoms with Gasteiger partial charge in [-0.1, -0.05) is 54.0 Å². The lowest BCUT2D eigenvalue weighted by Crippen LogP contribution is -2.69. The fourth-order valence-corrected chi connectivity index (χ4v) is 15.1. The van der Waals surface area contributed by atoms with Crippen LogP contribution in [0.4, 0.5) is 0 Å². The monoisotopic (exact) mass is 1080 g/mol. The van der Waals surface area contributed by atoms with Crippen LogP contribution in [-0.2, 0) is 66.7 Å². The lowest BCUT2D eigenvalue weighted by atomic mass is 9.33. The normalized spacial score (nSPS) is 43.8. The largest absolute Gasteiger partial charge is 0.467 e. The summed E-state index contributed by atoms with van der Waals surface area (Å²) >= 11 is 0. The van der Waals surface area contributed by atoms with Crippen LogP contribution in [0.25, 0.3) is 0 Å². The number of carbonyl (C=O) groups is 7. The van der Waals surface area contributed by atoms with Gasteiger partial charge in [0.15, 0.2) is 30.6 Å². The quantitative estimate of drug-likeness (QED) is 0.0725. The number of carbonyl (C=O) groups excluding carboxylic acids is 7. The van der Waals surface area contributed by atoms with Gasteiger partial charge < -0.3 is 74.6 Å². The Morgan fingerprint density at radius 1 is 0.618 bits per heavy atom. The van der Waals surface area contributed by atoms with Gasteiger partial charge in [-0.05, 0) is 124 Å². The van der Waals surface area contributed by atoms with E-state index in [4.69, 9.17) is 28.4 Å². The number of aliphatic hydroxyl groups excluding tert-OH is 5. The Hall–Kier alpha value is -4.13. The predicted octanol–water partition coefficient (Wildman–Crippen LogP) is 1.02. The lowest BCUT2D eigenvalue weighted by Gasteiger charge is -2.70. The molecule has 76 heavy (non-hydrogen) atoms. The molecular formula is C54H83N3O19. The Kier molecular flexibility index (Phi) is 16.8. The van der Waals surface area contributed by atoms with Crippen LogP contribution in [0.15, 0.2) is 11.6 Å². The van der Waals surface area contributed by atoms with Gasteiger partial charge in [0.05, 0.1) is 27.4 Å². The second kappa shape index (κ2) is 21.5. The average molecular weight is 1080 g/mol. The van der Waals surface area contributed by atoms with E-state index < -0.39 is 148 Å². The zero-order valence-electron chi connectivity index (χ0n) is 46.2. The third kappa shape index (κ3) is 10.0. The van der Waals surface area contributed by atoms with E-state index in [1.165, 1.54) is 21.0 Å². The Morgan fingerprint density at radius 3 is 1.68 bits per heavy atom. The van der Waals surface area contributed by atoms with Crippen molar-refractivity contribution < 1.29 is 92.3 Å². The van der Waals surface area contributed by atoms with E-state index in [0.717, 1.165) is 39.1 Å². The molecule has 0 spiro atoms. The summed E-state index contributed by atoms with van der Waals surface area (Å²) < 4.78 is 39.2. The van der Waals surface area contributed by atoms with E-state index in [1.54, 1.807) is 6.92 Å². The first-order valence-electron chi connectivity index (χ1n) is 26.7. The summed E-state index contributed by atoms with van der Waals surface area (Å²) in [6, 6.07) is -3.25. The van der Waals surface area contributed by atoms with Crippen molar-refractivity contribution in [1.82, 2.24) is 16.0 Å². The van der Waals surface area contributed by atoms with Gasteiger partial charge in [0.25, 0.3) is 11.8 Å². The Labute approximate surface area is 444 Å². The van der Waals surface area contributed by atoms with Gasteiger partial charge in [-0.3, -0.25) is 19.2 Å². The molecule has 7 rings (SSSR count). The van der Waals surface area contributed by atoms with Crippen LogP contribution in [-0.4, -0.2) is 174 Å². The Bertz CT molecular complexity index is 2310. The van der Waals surface area contributed by atoms with Crippen molar-refractivity contribution in [3.05, 3.63) is 11.6 Å². The number of methoxy groups -OCH3 is 3. The van der Waals surface area contributed by atoms with E-state index in [-0.39, 0.29) is 28.9 Å². The van der Waals surface area contributed by atoms with Crippen LogP contribution in [0.1, 0.15) is 127 Å². The van der Waals surface area contributed by atoms with Gasteiger partial charge in [-0.15, -0.1) is 0 Å². The van der Waals surface area contributed by atoms with Gasteiger partial charge in [-0.25, -0.2) is 14.4 Å². The summed E-state index contributed by atoms with van der Waals surface area (Å²) in [6.45, 7) is 19.3. The first kappa shape index (κ1) is 59.5. The number of ether oxygens (including phenoxy) is 7. The SMILES string of the molecule is COC(=O)C(C)NC(=O)C1OC(OC2C(OC3CCC4(C)C(CCC5(C)C4C(=O)C=C4C6CC(C)(C(=O)NC(C)C(=O)OC)CCC6(C)CCC45C)C3(C)C)OC(C(=O)NC(C)C(=O)OC)C(O)C2O)C(O)C(O)C1O. The fourth-order valence-electron chi connectivity index (χ4n) is 15.1. The number of hydrogen-bond acceptors (Lipinski definition) is 19. The van der Waals surface area contributed by atoms with Gasteiger partial charge in [0, 0.05) is 11.3 Å². The molecule has 8 N–H and O–H groups in total. The summed E-state index contributed by atoms with van der Waals surface area (Å²) in [5.74, 6) is -5.07. The van der Waals surface area contributed by atoms with E-state index >= 15 is 4.79 Å². The number of esters is 3. The van der Waals surface area contributed by atoms with Crippen molar-refractivity contribution in [2.75, 3.05) is 21.3 Å². The number of ketones is 1. The van der Waals surface area contributed by atoms with Crippen molar-refractivity contribution in [2.45, 2.75) is 213 Å². The highest BCUT2D eigenvalue weighted by Crippen LogP contribution is 2.75. The molecule has 0 aromatic carbocycles. The third-order valence-corrected chi connectivity index (χ3v) is 20.0. The van der Waals surface area contributed by atoms with Crippen LogP contribution in [0.5, 0.6) is 0 Å². The second-order valence-electron chi connectivity index (χ2n) is 24.9. The number of hydrogen-bond donors (Lipinski definition) is 8. The van der Waals surface area contributed by atoms with E-state index in [2.05, 4.69) is 48.4 Å². The zero-order chi connectivity index (χ0) is 56.6. The summed E-state index contributed by atoms with van der Waals surface area (Å²) in [4.78, 5) is 93.1. The minimum atomic E-state index is -2.08. The van der Waals surface area contributed by atoms with E-state index in [1.807, 2.05) is 26.8 Å². The number of fused-ring (bicyclic) bond motifs is 7. The maximum Gasteiger partial charge on any atom is 0.328 e. The van der Waals surface area contributed by atoms with Crippen LogP contribution < -0.4 is 16.0 Å². The third-order valence-electron chi connectivity index (χ3n) is 20.0. The van der Waals surface area contributed by atoms with Crippen LogP contribution in [0.3, 0.4) is 0 Å². The molecule has 0 bridgehead atoms. The average Bonchev–Trinajstić information content (AvgIpc) is 3.36. The van der Waals surface area contributed by atoms with Crippen molar-refractivity contribution in [3.63, 3.8) is 0 Å². The second-order valence-corrected chi connectivity index (χ2v) is 24.9. The topological polar surface area (TPSA) is 321 Å². The highest BCUT2D eigenvalue weighted by molar-refractivity contribution is 5.96. The molecule has 7 aliphatic rings. The smallest absolute Gasteiger partial charge is 0.328 e. The molecule has 4 saturated carbocycles. The fraction of sp³-hybridized carbons (Fsp3) is 0.833. The minimum absolute atomic E-state index is 0.0407. The summed E-state index contributed by atoms with van der Waals surface area (Å²) in [6.07, 6.45) is -12.6. The molecule has 22 atom stereocenters. The molecule has 2 heterocycles. The molecule has 0 aromatic rings. The highest BCUT2D eigenvalue weighted by Gasteiger charge is 2.71. The van der Waals surface area contributed by atoms with Crippen molar-refractivity contribution in [1.29, 1.82) is 0 Å². The van der Waals surface area contributed by atoms with Crippen LogP contribution >= 0.6 is 0 Å². The first-order valence-corrected chi connectivity index (χ1v) is 26.7. The van der Waals surface area contributed by atoms with E-state index in [0.29, 0.717) is 38.5 Å². The summed E-state index contributed by atoms with van der Waals surface area (Å²) in [7, 11) is 3.51. The molecule has 22 unspecified atom stereocenters. The van der Waals surface area contributed by atoms with Gasteiger partial charge in [0.1, 0.15) is 54.7 Å². The molecule has 0 aromatic heterocycles. The highest BCUT2D eigenvalue weighted by atomic mass is 16.8. The molecule has 6 fully saturated rings. The van der Waals surface area contributed by atoms with Crippen molar-refractivity contribution in [3.8, 4) is 0 Å². The maximum absolute atomic E-state index is 15.3. The summed E-state index contributed by atoms with van der Waals surface area (Å²) in [5, 5.41) is 64.0. The number of allylic oxidation sites excluding steroid dienone is 2. The molecule has 0 radical (unpaired) electrons. The molecule has 5 aliphatic carbocycles. The zero-order valence-corrected chi connectivity index (χ0v) is 46.2. The lowest BCUT2D eigenvalue weighted by molar-refractivity contribution is -0.369. The Balaban J connectivity index is 1.17. The molecule has 22 nitrogen and oxygen atoms in total. The van der Waals surface area contributed by atoms with Crippen molar-refractivity contribution >= 4 is 41.4 Å². The summed E-state index contributed by atoms with van der Waals surface area (Å²) in [5.41, 5.74) is -2.07. The maximum atomic E-state index is 15.3. The van der Waals surface area contributed by atoms with Gasteiger partial charge in [0.2, 0.25) is 5.91 Å². The molecule has 22 heteroatoms.